The lowest BCUT2D eigenvalue weighted by molar-refractivity contribution is 0.198. The molecule has 0 saturated carbocycles. The number of aliphatic hydroxyl groups is 1. The minimum Gasteiger partial charge on any atom is -0.391 e. The van der Waals surface area contributed by atoms with Gasteiger partial charge in [-0.25, -0.2) is 4.98 Å². The highest BCUT2D eigenvalue weighted by Crippen LogP contribution is 2.31. The Hall–Kier alpha value is -1.95. The minimum atomic E-state index is -0.298. The number of anilines is 1. The molecule has 1 aliphatic rings. The zero-order valence-electron chi connectivity index (χ0n) is 12.6. The number of nitrogens with zero attached hydrogens (tertiary/aromatic N) is 4. The van der Waals surface area contributed by atoms with E-state index in [0.29, 0.717) is 18.3 Å². The Kier molecular flexibility index (Phi) is 3.41. The van der Waals surface area contributed by atoms with E-state index < -0.39 is 0 Å². The minimum absolute atomic E-state index is 0.159. The molecule has 0 amide bonds. The van der Waals surface area contributed by atoms with Gasteiger partial charge in [0, 0.05) is 24.7 Å². The molecule has 0 spiro atoms. The third-order valence-electron chi connectivity index (χ3n) is 3.58. The Morgan fingerprint density at radius 3 is 2.81 bits per heavy atom. The van der Waals surface area contributed by atoms with Gasteiger partial charge in [-0.3, -0.25) is 0 Å². The molecule has 2 aromatic rings. The van der Waals surface area contributed by atoms with Gasteiger partial charge < -0.3 is 14.5 Å². The summed E-state index contributed by atoms with van der Waals surface area (Å²) in [6, 6.07) is 3.78. The monoisotopic (exact) mass is 288 g/mol. The van der Waals surface area contributed by atoms with E-state index >= 15 is 0 Å². The molecule has 6 nitrogen and oxygen atoms in total. The van der Waals surface area contributed by atoms with Crippen molar-refractivity contribution in [3.63, 3.8) is 0 Å². The summed E-state index contributed by atoms with van der Waals surface area (Å²) in [5.74, 6) is 1.94. The van der Waals surface area contributed by atoms with E-state index in [2.05, 4.69) is 20.0 Å². The highest BCUT2D eigenvalue weighted by Gasteiger charge is 2.27. The molecule has 2 aromatic heterocycles. The SMILES string of the molecule is CC(C)(C)c1noc(-c2cccnc2N2CCC(O)C2)n1. The fourth-order valence-corrected chi connectivity index (χ4v) is 2.39. The van der Waals surface area contributed by atoms with Crippen molar-refractivity contribution in [3.8, 4) is 11.5 Å². The highest BCUT2D eigenvalue weighted by molar-refractivity contribution is 5.70. The summed E-state index contributed by atoms with van der Waals surface area (Å²) in [6.07, 6.45) is 2.20. The Bertz CT molecular complexity index is 633. The zero-order valence-corrected chi connectivity index (χ0v) is 12.6. The van der Waals surface area contributed by atoms with E-state index in [1.807, 2.05) is 32.9 Å². The maximum atomic E-state index is 9.71. The molecule has 1 aliphatic heterocycles. The van der Waals surface area contributed by atoms with E-state index in [9.17, 15) is 5.11 Å². The third kappa shape index (κ3) is 2.76. The van der Waals surface area contributed by atoms with E-state index in [4.69, 9.17) is 4.52 Å². The molecule has 3 heterocycles. The van der Waals surface area contributed by atoms with E-state index in [1.54, 1.807) is 6.20 Å². The molecule has 0 radical (unpaired) electrons. The van der Waals surface area contributed by atoms with Crippen LogP contribution in [0.2, 0.25) is 0 Å². The standard InChI is InChI=1S/C15H20N4O2/c1-15(2,3)14-17-13(21-18-14)11-5-4-7-16-12(11)19-8-6-10(20)9-19/h4-5,7,10,20H,6,8-9H2,1-3H3. The molecule has 3 rings (SSSR count). The van der Waals surface area contributed by atoms with Crippen molar-refractivity contribution in [1.29, 1.82) is 0 Å². The second kappa shape index (κ2) is 5.11. The van der Waals surface area contributed by atoms with Crippen LogP contribution in [0.15, 0.2) is 22.9 Å². The molecule has 0 aliphatic carbocycles. The summed E-state index contributed by atoms with van der Waals surface area (Å²) >= 11 is 0. The second-order valence-electron chi connectivity index (χ2n) is 6.44. The molecule has 21 heavy (non-hydrogen) atoms. The second-order valence-corrected chi connectivity index (χ2v) is 6.44. The van der Waals surface area contributed by atoms with Crippen LogP contribution in [0.3, 0.4) is 0 Å². The van der Waals surface area contributed by atoms with Gasteiger partial charge in [-0.05, 0) is 18.6 Å². The average Bonchev–Trinajstić information content (AvgIpc) is 3.06. The van der Waals surface area contributed by atoms with Gasteiger partial charge in [0.05, 0.1) is 11.7 Å². The summed E-state index contributed by atoms with van der Waals surface area (Å²) in [4.78, 5) is 11.0. The van der Waals surface area contributed by atoms with Crippen LogP contribution < -0.4 is 4.90 Å². The molecular weight excluding hydrogens is 268 g/mol. The van der Waals surface area contributed by atoms with Crippen molar-refractivity contribution in [2.45, 2.75) is 38.7 Å². The van der Waals surface area contributed by atoms with Crippen molar-refractivity contribution in [2.24, 2.45) is 0 Å². The quantitative estimate of drug-likeness (QED) is 0.911. The van der Waals surface area contributed by atoms with Crippen LogP contribution >= 0.6 is 0 Å². The molecule has 112 valence electrons. The lowest BCUT2D eigenvalue weighted by atomic mass is 9.96. The van der Waals surface area contributed by atoms with E-state index in [1.165, 1.54) is 0 Å². The first-order valence-electron chi connectivity index (χ1n) is 7.18. The summed E-state index contributed by atoms with van der Waals surface area (Å²) in [5.41, 5.74) is 0.656. The number of hydrogen-bond acceptors (Lipinski definition) is 6. The number of β-amino-alcohol motifs (C(OH)–C–C–N with tert-alkyl or cyclic N) is 1. The first-order chi connectivity index (χ1) is 9.95. The van der Waals surface area contributed by atoms with Crippen LogP contribution in [0.5, 0.6) is 0 Å². The maximum Gasteiger partial charge on any atom is 0.261 e. The summed E-state index contributed by atoms with van der Waals surface area (Å²) < 4.78 is 5.41. The van der Waals surface area contributed by atoms with Crippen molar-refractivity contribution in [2.75, 3.05) is 18.0 Å². The predicted molar refractivity (Wildman–Crippen MR) is 79.1 cm³/mol. The Labute approximate surface area is 123 Å². The topological polar surface area (TPSA) is 75.3 Å². The maximum absolute atomic E-state index is 9.71. The van der Waals surface area contributed by atoms with Crippen LogP contribution in [0.4, 0.5) is 5.82 Å². The molecule has 1 saturated heterocycles. The average molecular weight is 288 g/mol. The van der Waals surface area contributed by atoms with Gasteiger partial charge in [0.15, 0.2) is 5.82 Å². The van der Waals surface area contributed by atoms with Crippen LogP contribution in [0.25, 0.3) is 11.5 Å². The Morgan fingerprint density at radius 1 is 1.38 bits per heavy atom. The van der Waals surface area contributed by atoms with Crippen LogP contribution in [-0.4, -0.2) is 39.4 Å². The van der Waals surface area contributed by atoms with Crippen LogP contribution in [0, 0.1) is 0 Å². The van der Waals surface area contributed by atoms with Crippen LogP contribution in [-0.2, 0) is 5.41 Å². The van der Waals surface area contributed by atoms with Gasteiger partial charge in [-0.2, -0.15) is 4.98 Å². The first-order valence-corrected chi connectivity index (χ1v) is 7.18. The largest absolute Gasteiger partial charge is 0.391 e. The summed E-state index contributed by atoms with van der Waals surface area (Å²) in [6.45, 7) is 7.50. The van der Waals surface area contributed by atoms with Crippen molar-refractivity contribution in [3.05, 3.63) is 24.2 Å². The van der Waals surface area contributed by atoms with Gasteiger partial charge >= 0.3 is 0 Å². The van der Waals surface area contributed by atoms with Crippen molar-refractivity contribution in [1.82, 2.24) is 15.1 Å². The Morgan fingerprint density at radius 2 is 2.19 bits per heavy atom. The number of pyridine rings is 1. The molecule has 1 N–H and O–H groups in total. The van der Waals surface area contributed by atoms with Gasteiger partial charge in [-0.15, -0.1) is 0 Å². The smallest absolute Gasteiger partial charge is 0.261 e. The van der Waals surface area contributed by atoms with Gasteiger partial charge in [0.1, 0.15) is 5.82 Å². The summed E-state index contributed by atoms with van der Waals surface area (Å²) in [7, 11) is 0. The number of aliphatic hydroxyl groups excluding tert-OH is 1. The third-order valence-corrected chi connectivity index (χ3v) is 3.58. The van der Waals surface area contributed by atoms with Gasteiger partial charge in [0.25, 0.3) is 5.89 Å². The Balaban J connectivity index is 1.97. The lowest BCUT2D eigenvalue weighted by Crippen LogP contribution is -2.22. The normalized spacial score (nSPS) is 19.2. The predicted octanol–water partition coefficient (Wildman–Crippen LogP) is 2.00. The van der Waals surface area contributed by atoms with Crippen molar-refractivity contribution < 1.29 is 9.63 Å². The molecular formula is C15H20N4O2. The molecule has 1 fully saturated rings. The van der Waals surface area contributed by atoms with Crippen molar-refractivity contribution >= 4 is 5.82 Å². The fraction of sp³-hybridized carbons (Fsp3) is 0.533. The van der Waals surface area contributed by atoms with E-state index in [0.717, 1.165) is 24.3 Å². The molecule has 0 aromatic carbocycles. The van der Waals surface area contributed by atoms with Crippen LogP contribution in [0.1, 0.15) is 33.0 Å². The zero-order chi connectivity index (χ0) is 15.0. The molecule has 6 heteroatoms. The summed E-state index contributed by atoms with van der Waals surface area (Å²) in [5, 5.41) is 13.8. The number of hydrogen-bond donors (Lipinski definition) is 1. The molecule has 0 bridgehead atoms. The molecule has 1 atom stereocenters. The highest BCUT2D eigenvalue weighted by atomic mass is 16.5. The lowest BCUT2D eigenvalue weighted by Gasteiger charge is -2.18. The fourth-order valence-electron chi connectivity index (χ4n) is 2.39. The van der Waals surface area contributed by atoms with E-state index in [-0.39, 0.29) is 11.5 Å². The molecule has 1 unspecified atom stereocenters. The number of rotatable bonds is 2. The van der Waals surface area contributed by atoms with Gasteiger partial charge in [-0.1, -0.05) is 25.9 Å². The van der Waals surface area contributed by atoms with Gasteiger partial charge in [0.2, 0.25) is 0 Å². The number of aromatic nitrogens is 3. The first kappa shape index (κ1) is 14.0.